The van der Waals surface area contributed by atoms with E-state index in [9.17, 15) is 0 Å². The van der Waals surface area contributed by atoms with Gasteiger partial charge < -0.3 is 15.0 Å². The number of aromatic nitrogens is 2. The van der Waals surface area contributed by atoms with Crippen LogP contribution >= 0.6 is 11.6 Å². The number of benzene rings is 2. The Balaban J connectivity index is 1.79. The lowest BCUT2D eigenvalue weighted by atomic mass is 10.2. The Bertz CT molecular complexity index is 984. The molecule has 0 saturated carbocycles. The molecule has 0 aliphatic carbocycles. The molecule has 0 atom stereocenters. The Morgan fingerprint density at radius 3 is 2.50 bits per heavy atom. The Hall–Kier alpha value is -2.63. The summed E-state index contributed by atoms with van der Waals surface area (Å²) in [5.74, 6) is 2.31. The van der Waals surface area contributed by atoms with Crippen LogP contribution in [0, 0.1) is 0 Å². The molecule has 0 radical (unpaired) electrons. The predicted molar refractivity (Wildman–Crippen MR) is 127 cm³/mol. The fourth-order valence-corrected chi connectivity index (χ4v) is 3.44. The second kappa shape index (κ2) is 11.0. The lowest BCUT2D eigenvalue weighted by Crippen LogP contribution is -2.25. The maximum atomic E-state index is 6.22. The highest BCUT2D eigenvalue weighted by atomic mass is 35.5. The van der Waals surface area contributed by atoms with Crippen molar-refractivity contribution < 1.29 is 4.74 Å². The lowest BCUT2D eigenvalue weighted by molar-refractivity contribution is 0.303. The van der Waals surface area contributed by atoms with E-state index in [0.717, 1.165) is 60.6 Å². The Kier molecular flexibility index (Phi) is 8.05. The SMILES string of the molecule is CCN(CC)CCCNc1nc(C=Cc2ccc(OC)cc2)nc2ccc(Cl)cc12. The van der Waals surface area contributed by atoms with E-state index in [2.05, 4.69) is 29.0 Å². The average Bonchev–Trinajstić information content (AvgIpc) is 2.78. The number of fused-ring (bicyclic) bond motifs is 1. The van der Waals surface area contributed by atoms with Crippen molar-refractivity contribution in [3.05, 3.63) is 58.9 Å². The number of ether oxygens (including phenoxy) is 1. The molecular weight excluding hydrogens is 396 g/mol. The third-order valence-electron chi connectivity index (χ3n) is 5.05. The van der Waals surface area contributed by atoms with Gasteiger partial charge in [0.15, 0.2) is 5.82 Å². The molecule has 1 aromatic heterocycles. The molecule has 1 N–H and O–H groups in total. The number of nitrogens with zero attached hydrogens (tertiary/aromatic N) is 3. The topological polar surface area (TPSA) is 50.3 Å². The van der Waals surface area contributed by atoms with Crippen molar-refractivity contribution >= 4 is 40.5 Å². The van der Waals surface area contributed by atoms with Gasteiger partial charge in [-0.25, -0.2) is 9.97 Å². The first-order valence-corrected chi connectivity index (χ1v) is 10.8. The second-order valence-corrected chi connectivity index (χ2v) is 7.44. The summed E-state index contributed by atoms with van der Waals surface area (Å²) in [6.45, 7) is 8.44. The van der Waals surface area contributed by atoms with Crippen molar-refractivity contribution in [3.63, 3.8) is 0 Å². The summed E-state index contributed by atoms with van der Waals surface area (Å²) < 4.78 is 5.21. The molecule has 30 heavy (non-hydrogen) atoms. The van der Waals surface area contributed by atoms with Gasteiger partial charge in [-0.15, -0.1) is 0 Å². The van der Waals surface area contributed by atoms with Crippen LogP contribution in [0.5, 0.6) is 5.75 Å². The maximum absolute atomic E-state index is 6.22. The number of anilines is 1. The quantitative estimate of drug-likeness (QED) is 0.429. The molecule has 1 heterocycles. The monoisotopic (exact) mass is 424 g/mol. The first kappa shape index (κ1) is 22.1. The Morgan fingerprint density at radius 1 is 1.03 bits per heavy atom. The van der Waals surface area contributed by atoms with Gasteiger partial charge in [0.2, 0.25) is 0 Å². The first-order valence-electron chi connectivity index (χ1n) is 10.4. The molecule has 5 nitrogen and oxygen atoms in total. The van der Waals surface area contributed by atoms with Gasteiger partial charge in [0.1, 0.15) is 11.6 Å². The van der Waals surface area contributed by atoms with E-state index in [1.807, 2.05) is 54.6 Å². The molecular formula is C24H29ClN4O. The van der Waals surface area contributed by atoms with E-state index in [1.54, 1.807) is 7.11 Å². The molecule has 3 rings (SSSR count). The Morgan fingerprint density at radius 2 is 1.80 bits per heavy atom. The van der Waals surface area contributed by atoms with Gasteiger partial charge in [0.25, 0.3) is 0 Å². The third kappa shape index (κ3) is 5.94. The lowest BCUT2D eigenvalue weighted by Gasteiger charge is -2.18. The average molecular weight is 425 g/mol. The van der Waals surface area contributed by atoms with Crippen LogP contribution in [0.2, 0.25) is 5.02 Å². The number of rotatable bonds is 10. The van der Waals surface area contributed by atoms with Crippen LogP contribution in [0.1, 0.15) is 31.7 Å². The van der Waals surface area contributed by atoms with Crippen LogP contribution in [0.4, 0.5) is 5.82 Å². The number of hydrogen-bond acceptors (Lipinski definition) is 5. The zero-order valence-corrected chi connectivity index (χ0v) is 18.6. The number of nitrogens with one attached hydrogen (secondary N) is 1. The van der Waals surface area contributed by atoms with Crippen LogP contribution in [0.3, 0.4) is 0 Å². The van der Waals surface area contributed by atoms with E-state index in [1.165, 1.54) is 0 Å². The summed E-state index contributed by atoms with van der Waals surface area (Å²) >= 11 is 6.22. The summed E-state index contributed by atoms with van der Waals surface area (Å²) in [5.41, 5.74) is 1.93. The number of methoxy groups -OCH3 is 1. The van der Waals surface area contributed by atoms with Crippen LogP contribution < -0.4 is 10.1 Å². The normalized spacial score (nSPS) is 11.5. The molecule has 2 aromatic carbocycles. The summed E-state index contributed by atoms with van der Waals surface area (Å²) in [4.78, 5) is 11.8. The molecule has 0 unspecified atom stereocenters. The Labute approximate surface area is 183 Å². The molecule has 6 heteroatoms. The zero-order chi connectivity index (χ0) is 21.3. The van der Waals surface area contributed by atoms with Crippen molar-refractivity contribution in [1.29, 1.82) is 0 Å². The van der Waals surface area contributed by atoms with Gasteiger partial charge in [-0.3, -0.25) is 0 Å². The fraction of sp³-hybridized carbons (Fsp3) is 0.333. The fourth-order valence-electron chi connectivity index (χ4n) is 3.26. The second-order valence-electron chi connectivity index (χ2n) is 7.01. The van der Waals surface area contributed by atoms with Gasteiger partial charge >= 0.3 is 0 Å². The van der Waals surface area contributed by atoms with Crippen LogP contribution in [0.15, 0.2) is 42.5 Å². The highest BCUT2D eigenvalue weighted by Crippen LogP contribution is 2.25. The molecule has 0 bridgehead atoms. The van der Waals surface area contributed by atoms with Gasteiger partial charge in [0, 0.05) is 17.0 Å². The van der Waals surface area contributed by atoms with E-state index in [4.69, 9.17) is 21.3 Å². The molecule has 158 valence electrons. The molecule has 0 saturated heterocycles. The highest BCUT2D eigenvalue weighted by molar-refractivity contribution is 6.31. The van der Waals surface area contributed by atoms with E-state index in [0.29, 0.717) is 10.8 Å². The predicted octanol–water partition coefficient (Wildman–Crippen LogP) is 5.61. The zero-order valence-electron chi connectivity index (χ0n) is 17.9. The molecule has 0 aliphatic rings. The molecule has 0 amide bonds. The van der Waals surface area contributed by atoms with Gasteiger partial charge in [0.05, 0.1) is 12.6 Å². The minimum absolute atomic E-state index is 0.659. The van der Waals surface area contributed by atoms with Crippen LogP contribution in [-0.4, -0.2) is 48.2 Å². The number of hydrogen-bond donors (Lipinski definition) is 1. The molecule has 0 spiro atoms. The van der Waals surface area contributed by atoms with Gasteiger partial charge in [-0.1, -0.05) is 43.7 Å². The van der Waals surface area contributed by atoms with Gasteiger partial charge in [-0.05, 0) is 68.0 Å². The first-order chi connectivity index (χ1) is 14.6. The smallest absolute Gasteiger partial charge is 0.154 e. The van der Waals surface area contributed by atoms with E-state index >= 15 is 0 Å². The third-order valence-corrected chi connectivity index (χ3v) is 5.29. The largest absolute Gasteiger partial charge is 0.497 e. The highest BCUT2D eigenvalue weighted by Gasteiger charge is 2.08. The van der Waals surface area contributed by atoms with E-state index < -0.39 is 0 Å². The van der Waals surface area contributed by atoms with Gasteiger partial charge in [-0.2, -0.15) is 0 Å². The van der Waals surface area contributed by atoms with Crippen LogP contribution in [0.25, 0.3) is 23.1 Å². The van der Waals surface area contributed by atoms with E-state index in [-0.39, 0.29) is 0 Å². The molecule has 0 aliphatic heterocycles. The summed E-state index contributed by atoms with van der Waals surface area (Å²) in [7, 11) is 1.66. The van der Waals surface area contributed by atoms with Crippen molar-refractivity contribution in [3.8, 4) is 5.75 Å². The minimum Gasteiger partial charge on any atom is -0.497 e. The summed E-state index contributed by atoms with van der Waals surface area (Å²) in [6.07, 6.45) is 4.97. The maximum Gasteiger partial charge on any atom is 0.154 e. The minimum atomic E-state index is 0.659. The van der Waals surface area contributed by atoms with Crippen molar-refractivity contribution in [2.24, 2.45) is 0 Å². The summed E-state index contributed by atoms with van der Waals surface area (Å²) in [5, 5.41) is 5.10. The molecule has 0 fully saturated rings. The standard InChI is InChI=1S/C24H29ClN4O/c1-4-29(5-2)16-6-15-26-24-21-17-19(25)10-13-22(21)27-23(28-24)14-9-18-7-11-20(30-3)12-8-18/h7-14,17H,4-6,15-16H2,1-3H3,(H,26,27,28). The van der Waals surface area contributed by atoms with Crippen molar-refractivity contribution in [1.82, 2.24) is 14.9 Å². The summed E-state index contributed by atoms with van der Waals surface area (Å²) in [6, 6.07) is 13.6. The number of halogens is 1. The van der Waals surface area contributed by atoms with Crippen molar-refractivity contribution in [2.45, 2.75) is 20.3 Å². The van der Waals surface area contributed by atoms with Crippen molar-refractivity contribution in [2.75, 3.05) is 38.6 Å². The molecule has 3 aromatic rings. The van der Waals surface area contributed by atoms with Crippen LogP contribution in [-0.2, 0) is 0 Å².